The van der Waals surface area contributed by atoms with Gasteiger partial charge in [-0.3, -0.25) is 4.98 Å². The van der Waals surface area contributed by atoms with E-state index in [4.69, 9.17) is 10.5 Å². The molecule has 0 unspecified atom stereocenters. The van der Waals surface area contributed by atoms with E-state index < -0.39 is 0 Å². The predicted octanol–water partition coefficient (Wildman–Crippen LogP) is 3.42. The highest BCUT2D eigenvalue weighted by Gasteiger charge is 2.03. The van der Waals surface area contributed by atoms with Crippen molar-refractivity contribution in [2.75, 3.05) is 12.8 Å². The van der Waals surface area contributed by atoms with Crippen LogP contribution >= 0.6 is 0 Å². The van der Waals surface area contributed by atoms with E-state index >= 15 is 0 Å². The van der Waals surface area contributed by atoms with Crippen LogP contribution in [0.4, 0.5) is 5.69 Å². The molecule has 20 heavy (non-hydrogen) atoms. The van der Waals surface area contributed by atoms with Crippen molar-refractivity contribution in [1.29, 1.82) is 0 Å². The van der Waals surface area contributed by atoms with Gasteiger partial charge in [-0.25, -0.2) is 0 Å². The van der Waals surface area contributed by atoms with Crippen molar-refractivity contribution in [3.8, 4) is 5.75 Å². The van der Waals surface area contributed by atoms with Crippen LogP contribution in [0.3, 0.4) is 0 Å². The number of rotatable bonds is 3. The molecule has 0 aliphatic heterocycles. The molecule has 0 radical (unpaired) electrons. The second-order valence-corrected chi connectivity index (χ2v) is 4.75. The number of nitrogens with two attached hydrogens (primary N) is 1. The molecular formula is C17H16N2O. The number of pyridine rings is 1. The fraction of sp³-hybridized carbons (Fsp3) is 0.118. The molecule has 2 N–H and O–H groups in total. The molecule has 0 atom stereocenters. The highest BCUT2D eigenvalue weighted by atomic mass is 16.5. The summed E-state index contributed by atoms with van der Waals surface area (Å²) in [4.78, 5) is 4.66. The first-order chi connectivity index (χ1) is 9.76. The van der Waals surface area contributed by atoms with Crippen LogP contribution in [0, 0.1) is 0 Å². The standard InChI is InChI=1S/C17H16N2O/c1-20-15-9-5-12(6-10-15)11-14-8-7-13-3-2-4-16(18)17(13)19-14/h2-10H,11,18H2,1H3. The van der Waals surface area contributed by atoms with E-state index in [1.165, 1.54) is 5.56 Å². The smallest absolute Gasteiger partial charge is 0.118 e. The molecular weight excluding hydrogens is 248 g/mol. The number of hydrogen-bond acceptors (Lipinski definition) is 3. The molecule has 3 nitrogen and oxygen atoms in total. The Labute approximate surface area is 118 Å². The zero-order valence-electron chi connectivity index (χ0n) is 11.3. The lowest BCUT2D eigenvalue weighted by Gasteiger charge is -2.06. The van der Waals surface area contributed by atoms with Gasteiger partial charge in [0, 0.05) is 17.5 Å². The Bertz CT molecular complexity index is 736. The number of para-hydroxylation sites is 1. The molecule has 0 saturated carbocycles. The van der Waals surface area contributed by atoms with Crippen molar-refractivity contribution in [2.45, 2.75) is 6.42 Å². The van der Waals surface area contributed by atoms with E-state index in [0.717, 1.165) is 34.5 Å². The molecule has 0 fully saturated rings. The molecule has 3 aromatic rings. The Hall–Kier alpha value is -2.55. The van der Waals surface area contributed by atoms with E-state index in [-0.39, 0.29) is 0 Å². The third-order valence-electron chi connectivity index (χ3n) is 3.35. The largest absolute Gasteiger partial charge is 0.497 e. The summed E-state index contributed by atoms with van der Waals surface area (Å²) in [5.41, 5.74) is 9.79. The lowest BCUT2D eigenvalue weighted by atomic mass is 10.1. The topological polar surface area (TPSA) is 48.1 Å². The van der Waals surface area contributed by atoms with Crippen molar-refractivity contribution in [2.24, 2.45) is 0 Å². The van der Waals surface area contributed by atoms with E-state index in [1.54, 1.807) is 7.11 Å². The van der Waals surface area contributed by atoms with Gasteiger partial charge in [-0.15, -0.1) is 0 Å². The lowest BCUT2D eigenvalue weighted by molar-refractivity contribution is 0.414. The van der Waals surface area contributed by atoms with Crippen LogP contribution in [-0.2, 0) is 6.42 Å². The Morgan fingerprint density at radius 2 is 1.80 bits per heavy atom. The number of ether oxygens (including phenoxy) is 1. The first-order valence-electron chi connectivity index (χ1n) is 6.53. The molecule has 0 amide bonds. The third-order valence-corrected chi connectivity index (χ3v) is 3.35. The van der Waals surface area contributed by atoms with Gasteiger partial charge in [0.1, 0.15) is 5.75 Å². The maximum Gasteiger partial charge on any atom is 0.118 e. The van der Waals surface area contributed by atoms with Crippen molar-refractivity contribution in [3.63, 3.8) is 0 Å². The minimum Gasteiger partial charge on any atom is -0.497 e. The van der Waals surface area contributed by atoms with Crippen LogP contribution in [0.25, 0.3) is 10.9 Å². The number of nitrogens with zero attached hydrogens (tertiary/aromatic N) is 1. The van der Waals surface area contributed by atoms with Crippen molar-refractivity contribution in [1.82, 2.24) is 4.98 Å². The fourth-order valence-corrected chi connectivity index (χ4v) is 2.26. The van der Waals surface area contributed by atoms with E-state index in [2.05, 4.69) is 23.2 Å². The van der Waals surface area contributed by atoms with Gasteiger partial charge in [-0.2, -0.15) is 0 Å². The van der Waals surface area contributed by atoms with Gasteiger partial charge < -0.3 is 10.5 Å². The maximum atomic E-state index is 5.98. The number of fused-ring (bicyclic) bond motifs is 1. The highest BCUT2D eigenvalue weighted by Crippen LogP contribution is 2.20. The number of aromatic nitrogens is 1. The van der Waals surface area contributed by atoms with Crippen molar-refractivity contribution >= 4 is 16.6 Å². The number of methoxy groups -OCH3 is 1. The summed E-state index contributed by atoms with van der Waals surface area (Å²) in [6, 6.07) is 18.0. The molecule has 0 aliphatic rings. The average Bonchev–Trinajstić information content (AvgIpc) is 2.49. The molecule has 0 saturated heterocycles. The Balaban J connectivity index is 1.92. The summed E-state index contributed by atoms with van der Waals surface area (Å²) in [6.07, 6.45) is 0.786. The van der Waals surface area contributed by atoms with Gasteiger partial charge in [-0.1, -0.05) is 30.3 Å². The van der Waals surface area contributed by atoms with Crippen LogP contribution in [0.1, 0.15) is 11.3 Å². The minimum absolute atomic E-state index is 0.721. The fourth-order valence-electron chi connectivity index (χ4n) is 2.26. The SMILES string of the molecule is COc1ccc(Cc2ccc3cccc(N)c3n2)cc1. The van der Waals surface area contributed by atoms with Gasteiger partial charge in [0.2, 0.25) is 0 Å². The number of hydrogen-bond donors (Lipinski definition) is 1. The van der Waals surface area contributed by atoms with Crippen molar-refractivity contribution < 1.29 is 4.74 Å². The molecule has 3 heteroatoms. The quantitative estimate of drug-likeness (QED) is 0.737. The molecule has 0 aliphatic carbocycles. The molecule has 1 heterocycles. The zero-order valence-corrected chi connectivity index (χ0v) is 11.3. The number of benzene rings is 2. The van der Waals surface area contributed by atoms with Gasteiger partial charge in [0.05, 0.1) is 18.3 Å². The van der Waals surface area contributed by atoms with Crippen LogP contribution in [-0.4, -0.2) is 12.1 Å². The number of nitrogen functional groups attached to an aromatic ring is 1. The third kappa shape index (κ3) is 2.43. The monoisotopic (exact) mass is 264 g/mol. The van der Waals surface area contributed by atoms with Crippen LogP contribution in [0.5, 0.6) is 5.75 Å². The number of anilines is 1. The summed E-state index contributed by atoms with van der Waals surface area (Å²) >= 11 is 0. The van der Waals surface area contributed by atoms with Crippen LogP contribution < -0.4 is 10.5 Å². The summed E-state index contributed by atoms with van der Waals surface area (Å²) in [6.45, 7) is 0. The average molecular weight is 264 g/mol. The normalized spacial score (nSPS) is 10.7. The van der Waals surface area contributed by atoms with Gasteiger partial charge in [-0.05, 0) is 29.8 Å². The lowest BCUT2D eigenvalue weighted by Crippen LogP contribution is -1.95. The Morgan fingerprint density at radius 1 is 1.00 bits per heavy atom. The zero-order chi connectivity index (χ0) is 13.9. The van der Waals surface area contributed by atoms with Crippen LogP contribution in [0.2, 0.25) is 0 Å². The molecule has 2 aromatic carbocycles. The van der Waals surface area contributed by atoms with E-state index in [0.29, 0.717) is 0 Å². The van der Waals surface area contributed by atoms with E-state index in [1.807, 2.05) is 36.4 Å². The molecule has 3 rings (SSSR count). The van der Waals surface area contributed by atoms with Gasteiger partial charge in [0.25, 0.3) is 0 Å². The molecule has 1 aromatic heterocycles. The predicted molar refractivity (Wildman–Crippen MR) is 82.0 cm³/mol. The minimum atomic E-state index is 0.721. The maximum absolute atomic E-state index is 5.98. The summed E-state index contributed by atoms with van der Waals surface area (Å²) in [7, 11) is 1.67. The molecule has 0 bridgehead atoms. The van der Waals surface area contributed by atoms with Gasteiger partial charge in [0.15, 0.2) is 0 Å². The second-order valence-electron chi connectivity index (χ2n) is 4.75. The Morgan fingerprint density at radius 3 is 2.55 bits per heavy atom. The Kier molecular flexibility index (Phi) is 3.25. The summed E-state index contributed by atoms with van der Waals surface area (Å²) < 4.78 is 5.16. The first-order valence-corrected chi connectivity index (χ1v) is 6.53. The van der Waals surface area contributed by atoms with Gasteiger partial charge >= 0.3 is 0 Å². The summed E-state index contributed by atoms with van der Waals surface area (Å²) in [5, 5.41) is 1.07. The summed E-state index contributed by atoms with van der Waals surface area (Å²) in [5.74, 6) is 0.865. The molecule has 100 valence electrons. The first kappa shape index (κ1) is 12.5. The second kappa shape index (κ2) is 5.21. The molecule has 0 spiro atoms. The van der Waals surface area contributed by atoms with E-state index in [9.17, 15) is 0 Å². The van der Waals surface area contributed by atoms with Crippen LogP contribution in [0.15, 0.2) is 54.6 Å². The van der Waals surface area contributed by atoms with Crippen molar-refractivity contribution in [3.05, 3.63) is 65.9 Å². The highest BCUT2D eigenvalue weighted by molar-refractivity contribution is 5.89.